The number of ether oxygens (including phenoxy) is 1. The van der Waals surface area contributed by atoms with E-state index >= 15 is 0 Å². The second kappa shape index (κ2) is 7.52. The largest absolute Gasteiger partial charge is 0.370 e. The molecule has 0 atom stereocenters. The van der Waals surface area contributed by atoms with Crippen LogP contribution in [0.1, 0.15) is 33.6 Å². The van der Waals surface area contributed by atoms with Crippen LogP contribution in [-0.4, -0.2) is 40.5 Å². The van der Waals surface area contributed by atoms with Gasteiger partial charge in [0.1, 0.15) is 17.2 Å². The molecule has 2 aliphatic heterocycles. The molecule has 1 fully saturated rings. The lowest BCUT2D eigenvalue weighted by Crippen LogP contribution is -2.48. The van der Waals surface area contributed by atoms with Crippen molar-refractivity contribution in [2.45, 2.75) is 24.9 Å². The van der Waals surface area contributed by atoms with E-state index in [4.69, 9.17) is 4.74 Å². The van der Waals surface area contributed by atoms with Gasteiger partial charge in [0.25, 0.3) is 5.91 Å². The van der Waals surface area contributed by atoms with Crippen LogP contribution in [0.3, 0.4) is 0 Å². The number of hydrogen-bond acceptors (Lipinski definition) is 5. The second-order valence-corrected chi connectivity index (χ2v) is 8.66. The molecule has 154 valence electrons. The zero-order chi connectivity index (χ0) is 20.7. The predicted molar refractivity (Wildman–Crippen MR) is 108 cm³/mol. The maximum atomic E-state index is 14.0. The molecule has 2 aliphatic rings. The molecule has 30 heavy (non-hydrogen) atoms. The molecule has 4 heterocycles. The van der Waals surface area contributed by atoms with Crippen molar-refractivity contribution in [3.05, 3.63) is 70.5 Å². The summed E-state index contributed by atoms with van der Waals surface area (Å²) in [4.78, 5) is 25.1. The molecule has 1 aromatic carbocycles. The molecule has 5 nitrogen and oxygen atoms in total. The van der Waals surface area contributed by atoms with E-state index in [0.717, 1.165) is 34.7 Å². The van der Waals surface area contributed by atoms with Crippen LogP contribution in [0, 0.1) is 11.6 Å². The molecule has 8 heteroatoms. The molecule has 1 saturated heterocycles. The molecule has 0 saturated carbocycles. The number of halogens is 2. The molecule has 5 rings (SSSR count). The Bertz CT molecular complexity index is 1070. The number of amides is 1. The van der Waals surface area contributed by atoms with Gasteiger partial charge in [0, 0.05) is 36.8 Å². The lowest BCUT2D eigenvalue weighted by Gasteiger charge is -2.44. The Hall–Kier alpha value is -2.71. The van der Waals surface area contributed by atoms with Crippen molar-refractivity contribution >= 4 is 17.2 Å². The zero-order valence-corrected chi connectivity index (χ0v) is 16.9. The van der Waals surface area contributed by atoms with Gasteiger partial charge in [0.15, 0.2) is 0 Å². The normalized spacial score (nSPS) is 17.7. The third-order valence-electron chi connectivity index (χ3n) is 5.86. The van der Waals surface area contributed by atoms with E-state index in [-0.39, 0.29) is 0 Å². The van der Waals surface area contributed by atoms with E-state index < -0.39 is 28.7 Å². The van der Waals surface area contributed by atoms with Gasteiger partial charge in [-0.1, -0.05) is 6.07 Å². The Morgan fingerprint density at radius 3 is 2.63 bits per heavy atom. The summed E-state index contributed by atoms with van der Waals surface area (Å²) in [6, 6.07) is 5.60. The second-order valence-electron chi connectivity index (χ2n) is 7.52. The zero-order valence-electron chi connectivity index (χ0n) is 16.1. The molecule has 3 aromatic rings. The van der Waals surface area contributed by atoms with Crippen LogP contribution in [0.4, 0.5) is 8.78 Å². The number of benzene rings is 1. The summed E-state index contributed by atoms with van der Waals surface area (Å²) in [6.07, 6.45) is 7.07. The molecule has 0 unspecified atom stereocenters. The van der Waals surface area contributed by atoms with Gasteiger partial charge in [0.05, 0.1) is 29.0 Å². The number of rotatable bonds is 2. The number of aromatic nitrogens is 2. The first-order valence-corrected chi connectivity index (χ1v) is 10.7. The highest BCUT2D eigenvalue weighted by Crippen LogP contribution is 2.46. The smallest absolute Gasteiger partial charge is 0.259 e. The minimum absolute atomic E-state index is 0.377. The van der Waals surface area contributed by atoms with E-state index in [2.05, 4.69) is 16.0 Å². The van der Waals surface area contributed by atoms with E-state index in [9.17, 15) is 13.6 Å². The summed E-state index contributed by atoms with van der Waals surface area (Å²) in [7, 11) is 0. The number of fused-ring (bicyclic) bond motifs is 2. The molecule has 1 amide bonds. The molecular weight excluding hydrogens is 408 g/mol. The minimum atomic E-state index is -0.831. The molecule has 0 radical (unpaired) electrons. The Morgan fingerprint density at radius 2 is 1.93 bits per heavy atom. The third-order valence-corrected chi connectivity index (χ3v) is 7.08. The van der Waals surface area contributed by atoms with Crippen LogP contribution in [0.5, 0.6) is 0 Å². The quantitative estimate of drug-likeness (QED) is 0.616. The van der Waals surface area contributed by atoms with Crippen LogP contribution in [0.15, 0.2) is 42.9 Å². The fraction of sp³-hybridized carbons (Fsp3) is 0.318. The third kappa shape index (κ3) is 3.20. The van der Waals surface area contributed by atoms with Gasteiger partial charge in [-0.25, -0.2) is 8.78 Å². The first kappa shape index (κ1) is 19.3. The van der Waals surface area contributed by atoms with Gasteiger partial charge >= 0.3 is 0 Å². The SMILES string of the molecule is O=C(c1c(F)cccc1F)N1CCC2(CC1)OCCc1sc(-c3cnccn3)cc12. The summed E-state index contributed by atoms with van der Waals surface area (Å²) >= 11 is 1.70. The van der Waals surface area contributed by atoms with Crippen molar-refractivity contribution < 1.29 is 18.3 Å². The number of carbonyl (C=O) groups excluding carboxylic acids is 1. The van der Waals surface area contributed by atoms with E-state index in [1.54, 1.807) is 29.9 Å². The van der Waals surface area contributed by atoms with Crippen molar-refractivity contribution in [3.8, 4) is 10.6 Å². The average Bonchev–Trinajstić information content (AvgIpc) is 3.21. The molecule has 0 aliphatic carbocycles. The molecule has 0 bridgehead atoms. The summed E-state index contributed by atoms with van der Waals surface area (Å²) < 4.78 is 34.3. The van der Waals surface area contributed by atoms with Crippen molar-refractivity contribution in [3.63, 3.8) is 0 Å². The standard InChI is InChI=1S/C22H19F2N3O2S/c23-15-2-1-3-16(24)20(15)21(28)27-9-5-22(6-10-27)14-12-19(17-13-25-7-8-26-17)30-18(14)4-11-29-22/h1-3,7-8,12-13H,4-6,9-11H2. The average molecular weight is 427 g/mol. The number of likely N-dealkylation sites (tertiary alicyclic amines) is 1. The monoisotopic (exact) mass is 427 g/mol. The van der Waals surface area contributed by atoms with Gasteiger partial charge in [0.2, 0.25) is 0 Å². The first-order chi connectivity index (χ1) is 14.6. The van der Waals surface area contributed by atoms with E-state index in [1.165, 1.54) is 15.8 Å². The van der Waals surface area contributed by atoms with Crippen LogP contribution >= 0.6 is 11.3 Å². The van der Waals surface area contributed by atoms with Gasteiger partial charge in [-0.15, -0.1) is 11.3 Å². The van der Waals surface area contributed by atoms with Crippen LogP contribution in [0.25, 0.3) is 10.6 Å². The number of piperidine rings is 1. The highest BCUT2D eigenvalue weighted by Gasteiger charge is 2.43. The lowest BCUT2D eigenvalue weighted by molar-refractivity contribution is -0.0926. The van der Waals surface area contributed by atoms with Crippen molar-refractivity contribution in [1.82, 2.24) is 14.9 Å². The number of nitrogens with zero attached hydrogens (tertiary/aromatic N) is 3. The maximum absolute atomic E-state index is 14.0. The summed E-state index contributed by atoms with van der Waals surface area (Å²) in [6.45, 7) is 1.37. The Labute approximate surface area is 176 Å². The summed E-state index contributed by atoms with van der Waals surface area (Å²) in [5.74, 6) is -2.27. The lowest BCUT2D eigenvalue weighted by atomic mass is 9.82. The van der Waals surface area contributed by atoms with Crippen LogP contribution < -0.4 is 0 Å². The topological polar surface area (TPSA) is 55.3 Å². The predicted octanol–water partition coefficient (Wildman–Crippen LogP) is 4.19. The van der Waals surface area contributed by atoms with Crippen molar-refractivity contribution in [2.24, 2.45) is 0 Å². The Balaban J connectivity index is 1.39. The molecule has 0 N–H and O–H groups in total. The number of thiophene rings is 1. The molecular formula is C22H19F2N3O2S. The Kier molecular flexibility index (Phi) is 4.83. The van der Waals surface area contributed by atoms with E-state index in [0.29, 0.717) is 32.5 Å². The number of hydrogen-bond donors (Lipinski definition) is 0. The summed E-state index contributed by atoms with van der Waals surface area (Å²) in [5, 5.41) is 0. The van der Waals surface area contributed by atoms with Gasteiger partial charge in [-0.2, -0.15) is 0 Å². The highest BCUT2D eigenvalue weighted by atomic mass is 32.1. The maximum Gasteiger partial charge on any atom is 0.259 e. The van der Waals surface area contributed by atoms with Crippen molar-refractivity contribution in [2.75, 3.05) is 19.7 Å². The fourth-order valence-electron chi connectivity index (χ4n) is 4.31. The minimum Gasteiger partial charge on any atom is -0.370 e. The first-order valence-electron chi connectivity index (χ1n) is 9.84. The van der Waals surface area contributed by atoms with Gasteiger partial charge in [-0.05, 0) is 36.6 Å². The van der Waals surface area contributed by atoms with Crippen LogP contribution in [0.2, 0.25) is 0 Å². The molecule has 1 spiro atoms. The van der Waals surface area contributed by atoms with Gasteiger partial charge < -0.3 is 9.64 Å². The van der Waals surface area contributed by atoms with Gasteiger partial charge in [-0.3, -0.25) is 14.8 Å². The highest BCUT2D eigenvalue weighted by molar-refractivity contribution is 7.15. The molecule has 2 aromatic heterocycles. The van der Waals surface area contributed by atoms with Crippen LogP contribution in [-0.2, 0) is 16.8 Å². The Morgan fingerprint density at radius 1 is 1.17 bits per heavy atom. The summed E-state index contributed by atoms with van der Waals surface area (Å²) in [5.41, 5.74) is 1.01. The van der Waals surface area contributed by atoms with Crippen molar-refractivity contribution in [1.29, 1.82) is 0 Å². The van der Waals surface area contributed by atoms with E-state index in [1.807, 2.05) is 0 Å². The fourth-order valence-corrected chi connectivity index (χ4v) is 5.51. The number of carbonyl (C=O) groups is 1.